The van der Waals surface area contributed by atoms with Crippen molar-refractivity contribution < 1.29 is 9.53 Å². The maximum Gasteiger partial charge on any atom is 0.227 e. The summed E-state index contributed by atoms with van der Waals surface area (Å²) in [6.45, 7) is 1.66. The molecule has 1 amide bonds. The van der Waals surface area contributed by atoms with Gasteiger partial charge in [0.15, 0.2) is 0 Å². The van der Waals surface area contributed by atoms with Crippen molar-refractivity contribution in [3.63, 3.8) is 0 Å². The predicted octanol–water partition coefficient (Wildman–Crippen LogP) is 2.87. The Kier molecular flexibility index (Phi) is 5.21. The summed E-state index contributed by atoms with van der Waals surface area (Å²) < 4.78 is 4.99. The fourth-order valence-electron chi connectivity index (χ4n) is 2.04. The van der Waals surface area contributed by atoms with Crippen LogP contribution in [0.4, 0.5) is 11.4 Å². The number of benzene rings is 1. The Morgan fingerprint density at radius 3 is 2.53 bits per heavy atom. The molecule has 0 aliphatic heterocycles. The van der Waals surface area contributed by atoms with Crippen LogP contribution in [0.2, 0.25) is 0 Å². The van der Waals surface area contributed by atoms with Gasteiger partial charge in [0, 0.05) is 37.6 Å². The monoisotopic (exact) mass is 262 g/mol. The standard InChI is InChI=1S/C15H22N2O2/c1-19-11-3-10-16-13-6-8-14(9-7-13)17-15(18)12-4-2-5-12/h6-9,12,16H,2-5,10-11H2,1H3,(H,17,18). The minimum Gasteiger partial charge on any atom is -0.385 e. The van der Waals surface area contributed by atoms with Gasteiger partial charge in [0.2, 0.25) is 5.91 Å². The van der Waals surface area contributed by atoms with Gasteiger partial charge < -0.3 is 15.4 Å². The van der Waals surface area contributed by atoms with E-state index in [4.69, 9.17) is 4.74 Å². The van der Waals surface area contributed by atoms with Gasteiger partial charge in [0.05, 0.1) is 0 Å². The molecule has 0 unspecified atom stereocenters. The lowest BCUT2D eigenvalue weighted by Crippen LogP contribution is -2.27. The number of anilines is 2. The first-order valence-electron chi connectivity index (χ1n) is 6.93. The van der Waals surface area contributed by atoms with E-state index in [2.05, 4.69) is 10.6 Å². The summed E-state index contributed by atoms with van der Waals surface area (Å²) in [7, 11) is 1.71. The second-order valence-electron chi connectivity index (χ2n) is 4.97. The largest absolute Gasteiger partial charge is 0.385 e. The first-order valence-corrected chi connectivity index (χ1v) is 6.93. The highest BCUT2D eigenvalue weighted by Gasteiger charge is 2.24. The first-order chi connectivity index (χ1) is 9.29. The van der Waals surface area contributed by atoms with E-state index in [9.17, 15) is 4.79 Å². The SMILES string of the molecule is COCCCNc1ccc(NC(=O)C2CCC2)cc1. The molecule has 2 N–H and O–H groups in total. The molecule has 104 valence electrons. The van der Waals surface area contributed by atoms with Crippen molar-refractivity contribution in [3.8, 4) is 0 Å². The Labute approximate surface area is 114 Å². The van der Waals surface area contributed by atoms with Crippen molar-refractivity contribution in [3.05, 3.63) is 24.3 Å². The summed E-state index contributed by atoms with van der Waals surface area (Å²) in [5.41, 5.74) is 1.94. The molecule has 0 saturated heterocycles. The highest BCUT2D eigenvalue weighted by molar-refractivity contribution is 5.93. The topological polar surface area (TPSA) is 50.4 Å². The average molecular weight is 262 g/mol. The van der Waals surface area contributed by atoms with Crippen LogP contribution in [0, 0.1) is 5.92 Å². The molecule has 1 aliphatic carbocycles. The quantitative estimate of drug-likeness (QED) is 0.743. The van der Waals surface area contributed by atoms with Crippen molar-refractivity contribution in [2.24, 2.45) is 5.92 Å². The van der Waals surface area contributed by atoms with Gasteiger partial charge in [0.25, 0.3) is 0 Å². The van der Waals surface area contributed by atoms with Gasteiger partial charge >= 0.3 is 0 Å². The van der Waals surface area contributed by atoms with Gasteiger partial charge in [-0.2, -0.15) is 0 Å². The third kappa shape index (κ3) is 4.24. The van der Waals surface area contributed by atoms with Crippen LogP contribution in [-0.4, -0.2) is 26.2 Å². The molecule has 4 nitrogen and oxygen atoms in total. The van der Waals surface area contributed by atoms with Crippen molar-refractivity contribution in [2.75, 3.05) is 30.9 Å². The summed E-state index contributed by atoms with van der Waals surface area (Å²) in [6.07, 6.45) is 4.23. The van der Waals surface area contributed by atoms with Crippen molar-refractivity contribution >= 4 is 17.3 Å². The molecular weight excluding hydrogens is 240 g/mol. The van der Waals surface area contributed by atoms with Crippen LogP contribution in [0.25, 0.3) is 0 Å². The highest BCUT2D eigenvalue weighted by atomic mass is 16.5. The fourth-order valence-corrected chi connectivity index (χ4v) is 2.04. The van der Waals surface area contributed by atoms with Crippen molar-refractivity contribution in [1.29, 1.82) is 0 Å². The van der Waals surface area contributed by atoms with Gasteiger partial charge in [-0.15, -0.1) is 0 Å². The van der Waals surface area contributed by atoms with Crippen LogP contribution in [0.1, 0.15) is 25.7 Å². The number of carbonyl (C=O) groups is 1. The number of ether oxygens (including phenoxy) is 1. The van der Waals surface area contributed by atoms with Gasteiger partial charge in [-0.05, 0) is 43.5 Å². The summed E-state index contributed by atoms with van der Waals surface area (Å²) in [5.74, 6) is 0.388. The normalized spacial score (nSPS) is 14.8. The van der Waals surface area contributed by atoms with E-state index < -0.39 is 0 Å². The summed E-state index contributed by atoms with van der Waals surface area (Å²) in [6, 6.07) is 7.86. The zero-order valence-corrected chi connectivity index (χ0v) is 11.4. The zero-order chi connectivity index (χ0) is 13.5. The Morgan fingerprint density at radius 1 is 1.26 bits per heavy atom. The molecule has 1 aromatic rings. The maximum absolute atomic E-state index is 11.8. The first kappa shape index (κ1) is 13.9. The molecule has 0 aromatic heterocycles. The molecule has 0 atom stereocenters. The molecule has 0 spiro atoms. The third-order valence-corrected chi connectivity index (χ3v) is 3.48. The lowest BCUT2D eigenvalue weighted by Gasteiger charge is -2.24. The van der Waals surface area contributed by atoms with Crippen LogP contribution < -0.4 is 10.6 Å². The molecule has 2 rings (SSSR count). The molecular formula is C15H22N2O2. The minimum absolute atomic E-state index is 0.159. The van der Waals surface area contributed by atoms with Crippen molar-refractivity contribution in [2.45, 2.75) is 25.7 Å². The molecule has 0 radical (unpaired) electrons. The van der Waals surface area contributed by atoms with E-state index >= 15 is 0 Å². The van der Waals surface area contributed by atoms with Crippen LogP contribution in [0.15, 0.2) is 24.3 Å². The van der Waals surface area contributed by atoms with Crippen LogP contribution in [-0.2, 0) is 9.53 Å². The van der Waals surface area contributed by atoms with Crippen LogP contribution >= 0.6 is 0 Å². The maximum atomic E-state index is 11.8. The van der Waals surface area contributed by atoms with E-state index in [-0.39, 0.29) is 11.8 Å². The molecule has 0 heterocycles. The molecule has 1 aliphatic rings. The van der Waals surface area contributed by atoms with E-state index in [1.54, 1.807) is 7.11 Å². The minimum atomic E-state index is 0.159. The Balaban J connectivity index is 1.75. The number of methoxy groups -OCH3 is 1. The smallest absolute Gasteiger partial charge is 0.227 e. The highest BCUT2D eigenvalue weighted by Crippen LogP contribution is 2.27. The molecule has 0 bridgehead atoms. The molecule has 4 heteroatoms. The van der Waals surface area contributed by atoms with E-state index in [0.29, 0.717) is 0 Å². The Morgan fingerprint density at radius 2 is 1.95 bits per heavy atom. The van der Waals surface area contributed by atoms with Crippen LogP contribution in [0.3, 0.4) is 0 Å². The number of carbonyl (C=O) groups excluding carboxylic acids is 1. The number of nitrogens with one attached hydrogen (secondary N) is 2. The second kappa shape index (κ2) is 7.14. The molecule has 19 heavy (non-hydrogen) atoms. The van der Waals surface area contributed by atoms with E-state index in [1.807, 2.05) is 24.3 Å². The molecule has 1 fully saturated rings. The number of hydrogen-bond acceptors (Lipinski definition) is 3. The fraction of sp³-hybridized carbons (Fsp3) is 0.533. The average Bonchev–Trinajstić information content (AvgIpc) is 2.34. The number of rotatable bonds is 7. The summed E-state index contributed by atoms with van der Waals surface area (Å²) >= 11 is 0. The van der Waals surface area contributed by atoms with Crippen LogP contribution in [0.5, 0.6) is 0 Å². The Hall–Kier alpha value is -1.55. The Bertz CT molecular complexity index is 399. The second-order valence-corrected chi connectivity index (χ2v) is 4.97. The van der Waals surface area contributed by atoms with E-state index in [0.717, 1.165) is 43.8 Å². The number of hydrogen-bond donors (Lipinski definition) is 2. The molecule has 1 saturated carbocycles. The van der Waals surface area contributed by atoms with E-state index in [1.165, 1.54) is 6.42 Å². The van der Waals surface area contributed by atoms with Crippen molar-refractivity contribution in [1.82, 2.24) is 0 Å². The number of amides is 1. The lowest BCUT2D eigenvalue weighted by atomic mass is 9.85. The lowest BCUT2D eigenvalue weighted by molar-refractivity contribution is -0.122. The van der Waals surface area contributed by atoms with Gasteiger partial charge in [-0.1, -0.05) is 6.42 Å². The van der Waals surface area contributed by atoms with Gasteiger partial charge in [-0.25, -0.2) is 0 Å². The van der Waals surface area contributed by atoms with Gasteiger partial charge in [-0.3, -0.25) is 4.79 Å². The predicted molar refractivity (Wildman–Crippen MR) is 77.4 cm³/mol. The molecule has 1 aromatic carbocycles. The summed E-state index contributed by atoms with van der Waals surface area (Å²) in [5, 5.41) is 6.27. The third-order valence-electron chi connectivity index (χ3n) is 3.48. The zero-order valence-electron chi connectivity index (χ0n) is 11.4. The van der Waals surface area contributed by atoms with Gasteiger partial charge in [0.1, 0.15) is 0 Å². The summed E-state index contributed by atoms with van der Waals surface area (Å²) in [4.78, 5) is 11.8.